The first-order valence-corrected chi connectivity index (χ1v) is 13.6. The van der Waals surface area contributed by atoms with E-state index < -0.39 is 9.84 Å². The minimum atomic E-state index is -3.34. The maximum absolute atomic E-state index is 13.6. The summed E-state index contributed by atoms with van der Waals surface area (Å²) < 4.78 is 36.1. The van der Waals surface area contributed by atoms with Crippen LogP contribution < -0.4 is 14.4 Å². The lowest BCUT2D eigenvalue weighted by Crippen LogP contribution is -2.38. The number of thiazole rings is 1. The number of aromatic nitrogens is 1. The van der Waals surface area contributed by atoms with E-state index >= 15 is 0 Å². The minimum Gasteiger partial charge on any atom is -0.495 e. The number of sulfone groups is 1. The van der Waals surface area contributed by atoms with E-state index in [0.29, 0.717) is 40.8 Å². The van der Waals surface area contributed by atoms with Gasteiger partial charge in [0.25, 0.3) is 5.91 Å². The molecule has 0 radical (unpaired) electrons. The number of methoxy groups -OCH3 is 2. The van der Waals surface area contributed by atoms with Gasteiger partial charge < -0.3 is 14.4 Å². The van der Waals surface area contributed by atoms with Gasteiger partial charge in [0.05, 0.1) is 24.9 Å². The zero-order valence-corrected chi connectivity index (χ0v) is 21.8. The average Bonchev–Trinajstić information content (AvgIpc) is 3.31. The Labute approximate surface area is 205 Å². The number of ether oxygens (including phenoxy) is 2. The molecule has 0 saturated heterocycles. The predicted molar refractivity (Wildman–Crippen MR) is 136 cm³/mol. The van der Waals surface area contributed by atoms with E-state index in [9.17, 15) is 13.2 Å². The van der Waals surface area contributed by atoms with Crippen LogP contribution in [-0.4, -0.2) is 70.4 Å². The molecule has 0 saturated carbocycles. The number of amides is 1. The van der Waals surface area contributed by atoms with Crippen molar-refractivity contribution in [1.29, 1.82) is 0 Å². The summed E-state index contributed by atoms with van der Waals surface area (Å²) in [4.78, 5) is 22.4. The molecule has 0 fully saturated rings. The standard InChI is InChI=1S/C24H31N3O5S2/c1-6-26(7-2)15-16-27(23(28)17-9-11-18(12-10-17)34(29,30)8-3)24-25-21-19(31-4)13-14-20(32-5)22(21)33-24/h9-14H,6-8,15-16H2,1-5H3. The first-order valence-electron chi connectivity index (χ1n) is 11.2. The molecule has 10 heteroatoms. The molecule has 3 aromatic rings. The number of hydrogen-bond acceptors (Lipinski definition) is 8. The van der Waals surface area contributed by atoms with Crippen LogP contribution in [0.3, 0.4) is 0 Å². The molecular formula is C24H31N3O5S2. The van der Waals surface area contributed by atoms with Gasteiger partial charge in [0.15, 0.2) is 15.0 Å². The summed E-state index contributed by atoms with van der Waals surface area (Å²) in [5.41, 5.74) is 1.03. The third-order valence-corrected chi connectivity index (χ3v) is 8.59. The Morgan fingerprint density at radius 2 is 1.56 bits per heavy atom. The summed E-state index contributed by atoms with van der Waals surface area (Å²) in [6, 6.07) is 9.70. The highest BCUT2D eigenvalue weighted by atomic mass is 32.2. The topological polar surface area (TPSA) is 89.0 Å². The van der Waals surface area contributed by atoms with Crippen molar-refractivity contribution in [1.82, 2.24) is 9.88 Å². The minimum absolute atomic E-state index is 0.00561. The molecule has 34 heavy (non-hydrogen) atoms. The van der Waals surface area contributed by atoms with E-state index in [1.165, 1.54) is 23.5 Å². The number of likely N-dealkylation sites (N-methyl/N-ethyl adjacent to an activating group) is 1. The van der Waals surface area contributed by atoms with Crippen LogP contribution in [0.5, 0.6) is 11.5 Å². The smallest absolute Gasteiger partial charge is 0.260 e. The molecule has 1 amide bonds. The highest BCUT2D eigenvalue weighted by Crippen LogP contribution is 2.40. The van der Waals surface area contributed by atoms with Gasteiger partial charge in [0.1, 0.15) is 21.7 Å². The average molecular weight is 506 g/mol. The molecule has 8 nitrogen and oxygen atoms in total. The molecule has 0 bridgehead atoms. The van der Waals surface area contributed by atoms with Gasteiger partial charge in [-0.2, -0.15) is 0 Å². The lowest BCUT2D eigenvalue weighted by molar-refractivity contribution is 0.0983. The third kappa shape index (κ3) is 5.34. The fourth-order valence-electron chi connectivity index (χ4n) is 3.58. The third-order valence-electron chi connectivity index (χ3n) is 5.75. The number of rotatable bonds is 11. The number of anilines is 1. The van der Waals surface area contributed by atoms with Gasteiger partial charge in [0.2, 0.25) is 0 Å². The van der Waals surface area contributed by atoms with Crippen LogP contribution in [0.4, 0.5) is 5.13 Å². The van der Waals surface area contributed by atoms with Crippen LogP contribution in [0, 0.1) is 0 Å². The molecule has 0 spiro atoms. The highest BCUT2D eigenvalue weighted by Gasteiger charge is 2.24. The largest absolute Gasteiger partial charge is 0.495 e. The molecule has 0 aliphatic carbocycles. The first-order chi connectivity index (χ1) is 16.3. The summed E-state index contributed by atoms with van der Waals surface area (Å²) in [5, 5.41) is 0.528. The van der Waals surface area contributed by atoms with Crippen molar-refractivity contribution >= 4 is 42.4 Å². The van der Waals surface area contributed by atoms with E-state index in [-0.39, 0.29) is 16.6 Å². The fraction of sp³-hybridized carbons (Fsp3) is 0.417. The molecule has 0 unspecified atom stereocenters. The van der Waals surface area contributed by atoms with E-state index in [4.69, 9.17) is 14.5 Å². The van der Waals surface area contributed by atoms with Gasteiger partial charge in [-0.15, -0.1) is 0 Å². The van der Waals surface area contributed by atoms with Crippen molar-refractivity contribution in [3.63, 3.8) is 0 Å². The Bertz CT molecular complexity index is 1190. The van der Waals surface area contributed by atoms with E-state index in [2.05, 4.69) is 18.7 Å². The quantitative estimate of drug-likeness (QED) is 0.388. The zero-order valence-electron chi connectivity index (χ0n) is 20.2. The number of carbonyl (C=O) groups excluding carboxylic acids is 1. The van der Waals surface area contributed by atoms with Crippen molar-refractivity contribution in [2.75, 3.05) is 51.1 Å². The molecule has 0 aliphatic heterocycles. The monoisotopic (exact) mass is 505 g/mol. The van der Waals surface area contributed by atoms with Crippen molar-refractivity contribution in [2.45, 2.75) is 25.7 Å². The highest BCUT2D eigenvalue weighted by molar-refractivity contribution is 7.91. The van der Waals surface area contributed by atoms with Crippen molar-refractivity contribution in [3.8, 4) is 11.5 Å². The van der Waals surface area contributed by atoms with Gasteiger partial charge in [0, 0.05) is 18.7 Å². The normalized spacial score (nSPS) is 11.7. The Morgan fingerprint density at radius 3 is 2.12 bits per heavy atom. The van der Waals surface area contributed by atoms with Crippen molar-refractivity contribution in [3.05, 3.63) is 42.0 Å². The molecule has 0 aliphatic rings. The second-order valence-corrected chi connectivity index (χ2v) is 10.8. The molecule has 2 aromatic carbocycles. The SMILES string of the molecule is CCN(CC)CCN(C(=O)c1ccc(S(=O)(=O)CC)cc1)c1nc2c(OC)ccc(OC)c2s1. The first kappa shape index (κ1) is 25.9. The van der Waals surface area contributed by atoms with Crippen LogP contribution >= 0.6 is 11.3 Å². The molecule has 0 N–H and O–H groups in total. The summed E-state index contributed by atoms with van der Waals surface area (Å²) in [6.45, 7) is 8.59. The Balaban J connectivity index is 2.04. The second-order valence-electron chi connectivity index (χ2n) is 7.56. The zero-order chi connectivity index (χ0) is 24.9. The number of benzene rings is 2. The molecule has 3 rings (SSSR count). The molecule has 0 atom stereocenters. The van der Waals surface area contributed by atoms with Gasteiger partial charge in [-0.3, -0.25) is 9.69 Å². The maximum Gasteiger partial charge on any atom is 0.260 e. The lowest BCUT2D eigenvalue weighted by Gasteiger charge is -2.24. The van der Waals surface area contributed by atoms with E-state index in [1.807, 2.05) is 6.07 Å². The fourth-order valence-corrected chi connectivity index (χ4v) is 5.57. The lowest BCUT2D eigenvalue weighted by atomic mass is 10.2. The molecule has 1 aromatic heterocycles. The van der Waals surface area contributed by atoms with Crippen LogP contribution in [0.15, 0.2) is 41.3 Å². The number of carbonyl (C=O) groups is 1. The maximum atomic E-state index is 13.6. The van der Waals surface area contributed by atoms with Crippen molar-refractivity contribution < 1.29 is 22.7 Å². The summed E-state index contributed by atoms with van der Waals surface area (Å²) in [5.74, 6) is 1.02. The number of hydrogen-bond donors (Lipinski definition) is 0. The number of nitrogens with zero attached hydrogens (tertiary/aromatic N) is 3. The van der Waals surface area contributed by atoms with Gasteiger partial charge >= 0.3 is 0 Å². The Morgan fingerprint density at radius 1 is 0.941 bits per heavy atom. The Kier molecular flexibility index (Phi) is 8.51. The molecule has 1 heterocycles. The van der Waals surface area contributed by atoms with Crippen LogP contribution in [0.25, 0.3) is 10.2 Å². The Hall–Kier alpha value is -2.69. The van der Waals surface area contributed by atoms with Gasteiger partial charge in [-0.25, -0.2) is 13.4 Å². The van der Waals surface area contributed by atoms with Gasteiger partial charge in [-0.05, 0) is 49.5 Å². The summed E-state index contributed by atoms with van der Waals surface area (Å²) in [6.07, 6.45) is 0. The molecular weight excluding hydrogens is 474 g/mol. The van der Waals surface area contributed by atoms with Crippen LogP contribution in [0.2, 0.25) is 0 Å². The molecule has 184 valence electrons. The van der Waals surface area contributed by atoms with E-state index in [1.54, 1.807) is 44.2 Å². The predicted octanol–water partition coefficient (Wildman–Crippen LogP) is 4.10. The van der Waals surface area contributed by atoms with E-state index in [0.717, 1.165) is 17.8 Å². The second kappa shape index (κ2) is 11.2. The van der Waals surface area contributed by atoms with Gasteiger partial charge in [-0.1, -0.05) is 32.1 Å². The summed E-state index contributed by atoms with van der Waals surface area (Å²) in [7, 11) is -0.172. The van der Waals surface area contributed by atoms with Crippen LogP contribution in [0.1, 0.15) is 31.1 Å². The number of fused-ring (bicyclic) bond motifs is 1. The van der Waals surface area contributed by atoms with Crippen molar-refractivity contribution in [2.24, 2.45) is 0 Å². The van der Waals surface area contributed by atoms with Crippen LogP contribution in [-0.2, 0) is 9.84 Å². The summed E-state index contributed by atoms with van der Waals surface area (Å²) >= 11 is 1.36.